The third-order valence-electron chi connectivity index (χ3n) is 8.01. The van der Waals surface area contributed by atoms with Crippen LogP contribution in [0.2, 0.25) is 0 Å². The minimum absolute atomic E-state index is 0.138. The van der Waals surface area contributed by atoms with Gasteiger partial charge < -0.3 is 23.7 Å². The zero-order chi connectivity index (χ0) is 29.0. The summed E-state index contributed by atoms with van der Waals surface area (Å²) in [6.07, 6.45) is 3.30. The summed E-state index contributed by atoms with van der Waals surface area (Å²) in [5, 5.41) is 0. The number of carbonyl (C=O) groups excluding carboxylic acids is 3. The fourth-order valence-corrected chi connectivity index (χ4v) is 6.16. The number of carbonyl (C=O) groups is 3. The van der Waals surface area contributed by atoms with Gasteiger partial charge in [-0.2, -0.15) is 13.2 Å². The monoisotopic (exact) mass is 574 g/mol. The minimum atomic E-state index is -4.73. The number of furan rings is 1. The molecule has 2 saturated heterocycles. The van der Waals surface area contributed by atoms with Crippen molar-refractivity contribution in [1.29, 1.82) is 0 Å². The number of amides is 2. The van der Waals surface area contributed by atoms with E-state index in [0.29, 0.717) is 13.0 Å². The van der Waals surface area contributed by atoms with Crippen LogP contribution >= 0.6 is 0 Å². The molecule has 3 atom stereocenters. The summed E-state index contributed by atoms with van der Waals surface area (Å²) in [7, 11) is 0. The molecule has 0 N–H and O–H groups in total. The van der Waals surface area contributed by atoms with E-state index in [4.69, 9.17) is 9.15 Å². The van der Waals surface area contributed by atoms with Crippen LogP contribution in [0, 0.1) is 5.92 Å². The van der Waals surface area contributed by atoms with Crippen molar-refractivity contribution in [2.45, 2.75) is 62.9 Å². The summed E-state index contributed by atoms with van der Waals surface area (Å²) in [5.41, 5.74) is 0.458. The standard InChI is InChI=1S/C30H33F3N2O6/c31-30(32,33)20-41-27(37)23-16-29(19-39-18-22-10-5-2-6-11-22)28(38)34(14-13-21-8-3-1-4-9-21)17-25(36)35(29)26(23)24-12-7-15-40-24/h2,5-8,10-12,15,23,26H,1,3-4,9,13-14,16-20H2/t23?,26?,29-/m0/s1. The number of hydrogen-bond donors (Lipinski definition) is 0. The molecule has 11 heteroatoms. The average Bonchev–Trinajstić information content (AvgIpc) is 3.61. The highest BCUT2D eigenvalue weighted by Crippen LogP contribution is 2.50. The zero-order valence-electron chi connectivity index (χ0n) is 22.6. The van der Waals surface area contributed by atoms with Crippen LogP contribution in [0.1, 0.15) is 55.9 Å². The molecule has 2 amide bonds. The Kier molecular flexibility index (Phi) is 8.53. The van der Waals surface area contributed by atoms with Crippen molar-refractivity contribution < 1.29 is 41.4 Å². The number of alkyl halides is 3. The van der Waals surface area contributed by atoms with E-state index >= 15 is 0 Å². The molecule has 2 fully saturated rings. The van der Waals surface area contributed by atoms with E-state index in [1.807, 2.05) is 30.3 Å². The van der Waals surface area contributed by atoms with Crippen LogP contribution in [-0.2, 0) is 30.5 Å². The van der Waals surface area contributed by atoms with Crippen molar-refractivity contribution in [1.82, 2.24) is 9.80 Å². The topological polar surface area (TPSA) is 89.3 Å². The maximum absolute atomic E-state index is 14.3. The molecule has 0 spiro atoms. The minimum Gasteiger partial charge on any atom is -0.467 e. The van der Waals surface area contributed by atoms with Crippen LogP contribution in [0.5, 0.6) is 0 Å². The molecule has 220 valence electrons. The third-order valence-corrected chi connectivity index (χ3v) is 8.01. The fourth-order valence-electron chi connectivity index (χ4n) is 6.16. The Bertz CT molecular complexity index is 1260. The number of allylic oxidation sites excluding steroid dienone is 1. The SMILES string of the molecule is O=C(OCC(F)(F)F)C1C[C@]2(COCc3ccccc3)C(=O)N(CCC3=CCCCC3)CC(=O)N2C1c1ccco1. The Morgan fingerprint density at radius 1 is 1.10 bits per heavy atom. The predicted octanol–water partition coefficient (Wildman–Crippen LogP) is 4.96. The molecule has 3 heterocycles. The maximum Gasteiger partial charge on any atom is 0.422 e. The number of halogens is 3. The number of benzene rings is 1. The van der Waals surface area contributed by atoms with E-state index in [2.05, 4.69) is 10.8 Å². The molecule has 5 rings (SSSR count). The van der Waals surface area contributed by atoms with Crippen LogP contribution in [0.3, 0.4) is 0 Å². The Hall–Kier alpha value is -3.60. The molecule has 41 heavy (non-hydrogen) atoms. The number of ether oxygens (including phenoxy) is 2. The Labute approximate surface area is 236 Å². The van der Waals surface area contributed by atoms with Gasteiger partial charge in [0.2, 0.25) is 5.91 Å². The highest BCUT2D eigenvalue weighted by atomic mass is 19.4. The Morgan fingerprint density at radius 3 is 2.59 bits per heavy atom. The number of piperazine rings is 1. The van der Waals surface area contributed by atoms with Crippen LogP contribution < -0.4 is 0 Å². The number of nitrogens with zero attached hydrogens (tertiary/aromatic N) is 2. The molecule has 2 aliphatic heterocycles. The van der Waals surface area contributed by atoms with E-state index in [-0.39, 0.29) is 31.9 Å². The molecule has 2 aromatic rings. The molecular formula is C30H33F3N2O6. The molecule has 0 bridgehead atoms. The van der Waals surface area contributed by atoms with Crippen LogP contribution in [-0.4, -0.2) is 65.6 Å². The first-order valence-corrected chi connectivity index (χ1v) is 13.9. The van der Waals surface area contributed by atoms with Gasteiger partial charge >= 0.3 is 12.1 Å². The van der Waals surface area contributed by atoms with Crippen molar-refractivity contribution in [3.63, 3.8) is 0 Å². The lowest BCUT2D eigenvalue weighted by Crippen LogP contribution is -2.67. The van der Waals surface area contributed by atoms with Gasteiger partial charge in [0.25, 0.3) is 5.91 Å². The van der Waals surface area contributed by atoms with Gasteiger partial charge in [0.1, 0.15) is 17.3 Å². The second-order valence-electron chi connectivity index (χ2n) is 10.9. The third kappa shape index (κ3) is 6.34. The normalized spacial score (nSPS) is 24.8. The Balaban J connectivity index is 1.46. The van der Waals surface area contributed by atoms with Crippen molar-refractivity contribution >= 4 is 17.8 Å². The van der Waals surface area contributed by atoms with Crippen molar-refractivity contribution in [2.24, 2.45) is 5.92 Å². The van der Waals surface area contributed by atoms with Gasteiger partial charge in [0.15, 0.2) is 6.61 Å². The van der Waals surface area contributed by atoms with Gasteiger partial charge in [-0.3, -0.25) is 14.4 Å². The van der Waals surface area contributed by atoms with Crippen molar-refractivity contribution in [3.8, 4) is 0 Å². The number of fused-ring (bicyclic) bond motifs is 1. The van der Waals surface area contributed by atoms with E-state index in [1.165, 1.54) is 27.7 Å². The highest BCUT2D eigenvalue weighted by molar-refractivity contribution is 6.00. The molecule has 1 aliphatic carbocycles. The molecule has 1 aromatic heterocycles. The lowest BCUT2D eigenvalue weighted by atomic mass is 9.88. The summed E-state index contributed by atoms with van der Waals surface area (Å²) in [5.74, 6) is -3.06. The van der Waals surface area contributed by atoms with E-state index in [1.54, 1.807) is 6.07 Å². The van der Waals surface area contributed by atoms with E-state index in [0.717, 1.165) is 31.2 Å². The summed E-state index contributed by atoms with van der Waals surface area (Å²) in [4.78, 5) is 44.0. The first-order chi connectivity index (χ1) is 19.7. The van der Waals surface area contributed by atoms with Crippen LogP contribution in [0.15, 0.2) is 64.8 Å². The van der Waals surface area contributed by atoms with E-state index in [9.17, 15) is 27.6 Å². The molecule has 0 radical (unpaired) electrons. The number of esters is 1. The van der Waals surface area contributed by atoms with Gasteiger partial charge in [-0.25, -0.2) is 0 Å². The molecule has 0 saturated carbocycles. The second kappa shape index (κ2) is 12.1. The van der Waals surface area contributed by atoms with Crippen LogP contribution in [0.4, 0.5) is 13.2 Å². The smallest absolute Gasteiger partial charge is 0.422 e. The van der Waals surface area contributed by atoms with E-state index < -0.39 is 48.1 Å². The molecular weight excluding hydrogens is 541 g/mol. The van der Waals surface area contributed by atoms with Crippen molar-refractivity contribution in [2.75, 3.05) is 26.3 Å². The quantitative estimate of drug-likeness (QED) is 0.294. The van der Waals surface area contributed by atoms with Gasteiger partial charge in [0.05, 0.1) is 31.9 Å². The van der Waals surface area contributed by atoms with Gasteiger partial charge in [-0.05, 0) is 56.2 Å². The van der Waals surface area contributed by atoms with Gasteiger partial charge in [0, 0.05) is 6.54 Å². The second-order valence-corrected chi connectivity index (χ2v) is 10.9. The molecule has 2 unspecified atom stereocenters. The summed E-state index contributed by atoms with van der Waals surface area (Å²) in [6.45, 7) is -1.77. The summed E-state index contributed by atoms with van der Waals surface area (Å²) < 4.78 is 55.0. The first-order valence-electron chi connectivity index (χ1n) is 13.9. The molecule has 1 aromatic carbocycles. The van der Waals surface area contributed by atoms with Crippen molar-refractivity contribution in [3.05, 3.63) is 71.7 Å². The predicted molar refractivity (Wildman–Crippen MR) is 140 cm³/mol. The lowest BCUT2D eigenvalue weighted by molar-refractivity contribution is -0.189. The lowest BCUT2D eigenvalue weighted by Gasteiger charge is -2.46. The maximum atomic E-state index is 14.3. The average molecular weight is 575 g/mol. The molecule has 3 aliphatic rings. The number of rotatable bonds is 10. The highest BCUT2D eigenvalue weighted by Gasteiger charge is 2.65. The summed E-state index contributed by atoms with van der Waals surface area (Å²) in [6, 6.07) is 11.2. The fraction of sp³-hybridized carbons (Fsp3) is 0.500. The Morgan fingerprint density at radius 2 is 1.90 bits per heavy atom. The summed E-state index contributed by atoms with van der Waals surface area (Å²) >= 11 is 0. The van der Waals surface area contributed by atoms with Gasteiger partial charge in [-0.1, -0.05) is 42.0 Å². The largest absolute Gasteiger partial charge is 0.467 e. The van der Waals surface area contributed by atoms with Gasteiger partial charge in [-0.15, -0.1) is 0 Å². The zero-order valence-corrected chi connectivity index (χ0v) is 22.6. The molecule has 8 nitrogen and oxygen atoms in total. The van der Waals surface area contributed by atoms with Crippen LogP contribution in [0.25, 0.3) is 0 Å². The first kappa shape index (κ1) is 28.9. The number of hydrogen-bond acceptors (Lipinski definition) is 6.